The molecule has 3 nitrogen and oxygen atoms in total. The molecular weight excluding hydrogens is 243 g/mol. The second-order valence-electron chi connectivity index (χ2n) is 2.07. The Kier molecular flexibility index (Phi) is 2.95. The van der Waals surface area contributed by atoms with Crippen LogP contribution in [0.3, 0.4) is 0 Å². The van der Waals surface area contributed by atoms with Crippen LogP contribution in [0.5, 0.6) is 0 Å². The van der Waals surface area contributed by atoms with E-state index < -0.39 is 21.5 Å². The quantitative estimate of drug-likeness (QED) is 0.429. The van der Waals surface area contributed by atoms with Crippen molar-refractivity contribution in [2.45, 2.75) is 0 Å². The SMILES string of the molecule is O=[N+]([O-])c1c(Cl)c(F)cc(Cl)c1Cl. The third-order valence-electron chi connectivity index (χ3n) is 1.27. The monoisotopic (exact) mass is 243 g/mol. The van der Waals surface area contributed by atoms with Crippen LogP contribution >= 0.6 is 34.8 Å². The smallest absolute Gasteiger partial charge is 0.258 e. The van der Waals surface area contributed by atoms with Crippen molar-refractivity contribution in [2.75, 3.05) is 0 Å². The summed E-state index contributed by atoms with van der Waals surface area (Å²) in [4.78, 5) is 9.47. The summed E-state index contributed by atoms with van der Waals surface area (Å²) >= 11 is 16.1. The van der Waals surface area contributed by atoms with Crippen molar-refractivity contribution in [3.63, 3.8) is 0 Å². The molecule has 0 bridgehead atoms. The van der Waals surface area contributed by atoms with Gasteiger partial charge in [0.05, 0.1) is 9.95 Å². The molecule has 1 aromatic carbocycles. The molecule has 0 saturated heterocycles. The zero-order valence-electron chi connectivity index (χ0n) is 5.85. The van der Waals surface area contributed by atoms with Crippen LogP contribution in [0.2, 0.25) is 15.1 Å². The Morgan fingerprint density at radius 3 is 2.31 bits per heavy atom. The van der Waals surface area contributed by atoms with Crippen molar-refractivity contribution in [2.24, 2.45) is 0 Å². The summed E-state index contributed by atoms with van der Waals surface area (Å²) in [5.74, 6) is -0.970. The molecule has 0 saturated carbocycles. The minimum absolute atomic E-state index is 0.240. The van der Waals surface area contributed by atoms with E-state index in [-0.39, 0.29) is 10.0 Å². The molecule has 0 fully saturated rings. The average molecular weight is 244 g/mol. The van der Waals surface area contributed by atoms with E-state index >= 15 is 0 Å². The first-order valence-corrected chi connectivity index (χ1v) is 4.06. The van der Waals surface area contributed by atoms with Gasteiger partial charge in [0.25, 0.3) is 0 Å². The maximum Gasteiger partial charge on any atom is 0.310 e. The van der Waals surface area contributed by atoms with Gasteiger partial charge in [-0.15, -0.1) is 0 Å². The molecule has 1 aromatic rings. The molecule has 0 atom stereocenters. The molecule has 0 aromatic heterocycles. The van der Waals surface area contributed by atoms with Crippen LogP contribution in [0.25, 0.3) is 0 Å². The molecule has 70 valence electrons. The fraction of sp³-hybridized carbons (Fsp3) is 0. The first-order valence-electron chi connectivity index (χ1n) is 2.92. The molecular formula is C6HCl3FNO2. The lowest BCUT2D eigenvalue weighted by Gasteiger charge is -2.00. The summed E-state index contributed by atoms with van der Waals surface area (Å²) in [6.45, 7) is 0. The third kappa shape index (κ3) is 1.85. The normalized spacial score (nSPS) is 10.2. The molecule has 0 aliphatic carbocycles. The Hall–Kier alpha value is -0.580. The van der Waals surface area contributed by atoms with Crippen molar-refractivity contribution in [3.05, 3.63) is 37.1 Å². The summed E-state index contributed by atoms with van der Waals surface area (Å²) in [5, 5.41) is 9.12. The largest absolute Gasteiger partial charge is 0.310 e. The van der Waals surface area contributed by atoms with Crippen molar-refractivity contribution in [1.29, 1.82) is 0 Å². The lowest BCUT2D eigenvalue weighted by molar-refractivity contribution is -0.384. The number of nitro groups is 1. The van der Waals surface area contributed by atoms with E-state index in [1.54, 1.807) is 0 Å². The maximum absolute atomic E-state index is 12.8. The van der Waals surface area contributed by atoms with Crippen molar-refractivity contribution in [3.8, 4) is 0 Å². The number of rotatable bonds is 1. The Morgan fingerprint density at radius 1 is 1.31 bits per heavy atom. The minimum atomic E-state index is -0.970. The Bertz CT molecular complexity index is 356. The molecule has 0 spiro atoms. The van der Waals surface area contributed by atoms with Crippen LogP contribution in [0.4, 0.5) is 10.1 Å². The van der Waals surface area contributed by atoms with Gasteiger partial charge in [-0.1, -0.05) is 34.8 Å². The molecule has 13 heavy (non-hydrogen) atoms. The van der Waals surface area contributed by atoms with Crippen molar-refractivity contribution in [1.82, 2.24) is 0 Å². The number of halogens is 4. The Labute approximate surface area is 87.2 Å². The number of nitrogens with zero attached hydrogens (tertiary/aromatic N) is 1. The third-order valence-corrected chi connectivity index (χ3v) is 2.41. The summed E-state index contributed by atoms with van der Waals surface area (Å²) in [5.41, 5.74) is -0.715. The van der Waals surface area contributed by atoms with Gasteiger partial charge in [-0.25, -0.2) is 4.39 Å². The highest BCUT2D eigenvalue weighted by Crippen LogP contribution is 2.39. The summed E-state index contributed by atoms with van der Waals surface area (Å²) < 4.78 is 12.8. The van der Waals surface area contributed by atoms with E-state index in [0.717, 1.165) is 6.07 Å². The van der Waals surface area contributed by atoms with Crippen LogP contribution in [0, 0.1) is 15.9 Å². The number of nitro benzene ring substituents is 1. The van der Waals surface area contributed by atoms with E-state index in [1.165, 1.54) is 0 Å². The molecule has 0 N–H and O–H groups in total. The number of benzene rings is 1. The fourth-order valence-corrected chi connectivity index (χ4v) is 1.39. The molecule has 1 rings (SSSR count). The van der Waals surface area contributed by atoms with Crippen LogP contribution in [-0.2, 0) is 0 Å². The van der Waals surface area contributed by atoms with Crippen LogP contribution < -0.4 is 0 Å². The molecule has 0 amide bonds. The van der Waals surface area contributed by atoms with Gasteiger partial charge in [-0.3, -0.25) is 10.1 Å². The van der Waals surface area contributed by atoms with Crippen LogP contribution in [-0.4, -0.2) is 4.92 Å². The van der Waals surface area contributed by atoms with Gasteiger partial charge in [0.15, 0.2) is 5.02 Å². The predicted octanol–water partition coefficient (Wildman–Crippen LogP) is 3.69. The lowest BCUT2D eigenvalue weighted by atomic mass is 10.3. The maximum atomic E-state index is 12.8. The minimum Gasteiger partial charge on any atom is -0.258 e. The Balaban J connectivity index is 3.56. The van der Waals surface area contributed by atoms with Gasteiger partial charge < -0.3 is 0 Å². The van der Waals surface area contributed by atoms with Gasteiger partial charge >= 0.3 is 5.69 Å². The summed E-state index contributed by atoms with van der Waals surface area (Å²) in [7, 11) is 0. The van der Waals surface area contributed by atoms with Gasteiger partial charge in [0, 0.05) is 0 Å². The van der Waals surface area contributed by atoms with Crippen molar-refractivity contribution < 1.29 is 9.31 Å². The zero-order chi connectivity index (χ0) is 10.2. The number of hydrogen-bond acceptors (Lipinski definition) is 2. The molecule has 0 radical (unpaired) electrons. The Morgan fingerprint density at radius 2 is 1.85 bits per heavy atom. The molecule has 0 aliphatic rings. The molecule has 0 aliphatic heterocycles. The van der Waals surface area contributed by atoms with E-state index in [1.807, 2.05) is 0 Å². The van der Waals surface area contributed by atoms with Crippen molar-refractivity contribution >= 4 is 40.5 Å². The highest BCUT2D eigenvalue weighted by atomic mass is 35.5. The van der Waals surface area contributed by atoms with E-state index in [9.17, 15) is 14.5 Å². The lowest BCUT2D eigenvalue weighted by Crippen LogP contribution is -1.93. The average Bonchev–Trinajstić information content (AvgIpc) is 2.01. The van der Waals surface area contributed by atoms with E-state index in [4.69, 9.17) is 34.8 Å². The topological polar surface area (TPSA) is 43.1 Å². The molecule has 7 heteroatoms. The highest BCUT2D eigenvalue weighted by Gasteiger charge is 2.24. The van der Waals surface area contributed by atoms with Gasteiger partial charge in [0.1, 0.15) is 10.8 Å². The summed E-state index contributed by atoms with van der Waals surface area (Å²) in [6.07, 6.45) is 0. The van der Waals surface area contributed by atoms with Gasteiger partial charge in [-0.05, 0) is 6.07 Å². The zero-order valence-corrected chi connectivity index (χ0v) is 8.12. The standard InChI is InChI=1S/C6HCl3FNO2/c7-2-1-3(10)5(9)6(4(2)8)11(12)13/h1H. The fourth-order valence-electron chi connectivity index (χ4n) is 0.721. The summed E-state index contributed by atoms with van der Waals surface area (Å²) in [6, 6.07) is 0.819. The highest BCUT2D eigenvalue weighted by molar-refractivity contribution is 6.45. The van der Waals surface area contributed by atoms with E-state index in [2.05, 4.69) is 0 Å². The van der Waals surface area contributed by atoms with E-state index in [0.29, 0.717) is 0 Å². The van der Waals surface area contributed by atoms with Gasteiger partial charge in [0.2, 0.25) is 0 Å². The van der Waals surface area contributed by atoms with Gasteiger partial charge in [-0.2, -0.15) is 0 Å². The first-order chi connectivity index (χ1) is 5.95. The van der Waals surface area contributed by atoms with Crippen LogP contribution in [0.1, 0.15) is 0 Å². The first kappa shape index (κ1) is 10.5. The van der Waals surface area contributed by atoms with Crippen LogP contribution in [0.15, 0.2) is 6.07 Å². The number of hydrogen-bond donors (Lipinski definition) is 0. The second kappa shape index (κ2) is 3.65. The second-order valence-corrected chi connectivity index (χ2v) is 3.24. The molecule has 0 heterocycles. The molecule has 0 unspecified atom stereocenters. The predicted molar refractivity (Wildman–Crippen MR) is 48.1 cm³/mol.